The first-order valence-electron chi connectivity index (χ1n) is 5.28. The summed E-state index contributed by atoms with van der Waals surface area (Å²) in [5.41, 5.74) is 7.49. The topological polar surface area (TPSA) is 56.2 Å². The summed E-state index contributed by atoms with van der Waals surface area (Å²) in [6.45, 7) is 4.17. The maximum absolute atomic E-state index is 6.03. The van der Waals surface area contributed by atoms with Crippen molar-refractivity contribution in [1.29, 1.82) is 0 Å². The maximum atomic E-state index is 6.03. The minimum absolute atomic E-state index is 0.260. The van der Waals surface area contributed by atoms with Crippen LogP contribution in [-0.2, 0) is 0 Å². The molecular formula is C11H15ClN4. The standard InChI is InChI=1S/C11H15ClN4/c1-7(2)16-4-3-10(15-16)8-5-9(12)11(13)14-6-8/h3-7,9,11H,13H2,1-2H3. The zero-order chi connectivity index (χ0) is 11.7. The van der Waals surface area contributed by atoms with Gasteiger partial charge in [-0.1, -0.05) is 6.08 Å². The molecule has 0 fully saturated rings. The summed E-state index contributed by atoms with van der Waals surface area (Å²) >= 11 is 6.03. The van der Waals surface area contributed by atoms with E-state index in [-0.39, 0.29) is 11.5 Å². The van der Waals surface area contributed by atoms with E-state index in [2.05, 4.69) is 23.9 Å². The molecule has 1 aromatic heterocycles. The van der Waals surface area contributed by atoms with Crippen molar-refractivity contribution in [2.45, 2.75) is 31.4 Å². The number of nitrogens with two attached hydrogens (primary N) is 1. The number of alkyl halides is 1. The van der Waals surface area contributed by atoms with E-state index in [4.69, 9.17) is 17.3 Å². The molecule has 0 aromatic carbocycles. The van der Waals surface area contributed by atoms with Gasteiger partial charge in [-0.2, -0.15) is 5.10 Å². The minimum Gasteiger partial charge on any atom is -0.308 e. The molecule has 1 aromatic rings. The van der Waals surface area contributed by atoms with Crippen LogP contribution in [0.5, 0.6) is 0 Å². The Morgan fingerprint density at radius 3 is 2.81 bits per heavy atom. The summed E-state index contributed by atoms with van der Waals surface area (Å²) in [6, 6.07) is 2.31. The van der Waals surface area contributed by atoms with E-state index < -0.39 is 0 Å². The Hall–Kier alpha value is -1.13. The molecule has 16 heavy (non-hydrogen) atoms. The van der Waals surface area contributed by atoms with Crippen LogP contribution in [0.3, 0.4) is 0 Å². The van der Waals surface area contributed by atoms with Gasteiger partial charge >= 0.3 is 0 Å². The number of nitrogens with zero attached hydrogens (tertiary/aromatic N) is 3. The fourth-order valence-electron chi connectivity index (χ4n) is 1.49. The Labute approximate surface area is 99.8 Å². The number of halogens is 1. The van der Waals surface area contributed by atoms with Crippen molar-refractivity contribution < 1.29 is 0 Å². The van der Waals surface area contributed by atoms with Crippen LogP contribution in [0.1, 0.15) is 25.6 Å². The Morgan fingerprint density at radius 2 is 2.25 bits per heavy atom. The van der Waals surface area contributed by atoms with Crippen molar-refractivity contribution in [3.8, 4) is 0 Å². The van der Waals surface area contributed by atoms with Gasteiger partial charge in [-0.3, -0.25) is 9.67 Å². The van der Waals surface area contributed by atoms with Crippen molar-refractivity contribution in [2.24, 2.45) is 10.7 Å². The third kappa shape index (κ3) is 2.18. The molecule has 5 heteroatoms. The summed E-state index contributed by atoms with van der Waals surface area (Å²) in [7, 11) is 0. The molecule has 2 unspecified atom stereocenters. The lowest BCUT2D eigenvalue weighted by Crippen LogP contribution is -2.30. The zero-order valence-electron chi connectivity index (χ0n) is 9.34. The van der Waals surface area contributed by atoms with E-state index in [0.717, 1.165) is 11.3 Å². The van der Waals surface area contributed by atoms with Crippen LogP contribution >= 0.6 is 11.6 Å². The Morgan fingerprint density at radius 1 is 1.50 bits per heavy atom. The SMILES string of the molecule is CC(C)n1ccc(C2=CC(Cl)C(N)N=C2)n1. The lowest BCUT2D eigenvalue weighted by molar-refractivity contribution is 0.531. The van der Waals surface area contributed by atoms with Gasteiger partial charge in [0.15, 0.2) is 0 Å². The normalized spacial score (nSPS) is 24.9. The molecule has 0 spiro atoms. The maximum Gasteiger partial charge on any atom is 0.117 e. The second-order valence-electron chi connectivity index (χ2n) is 4.11. The van der Waals surface area contributed by atoms with Crippen LogP contribution in [0.2, 0.25) is 0 Å². The average Bonchev–Trinajstić information content (AvgIpc) is 2.71. The summed E-state index contributed by atoms with van der Waals surface area (Å²) in [5.74, 6) is 0. The second kappa shape index (κ2) is 4.39. The lowest BCUT2D eigenvalue weighted by atomic mass is 10.1. The fourth-order valence-corrected chi connectivity index (χ4v) is 1.69. The van der Waals surface area contributed by atoms with Crippen LogP contribution in [0, 0.1) is 0 Å². The molecule has 1 aliphatic heterocycles. The van der Waals surface area contributed by atoms with Crippen LogP contribution in [-0.4, -0.2) is 27.5 Å². The molecular weight excluding hydrogens is 224 g/mol. The van der Waals surface area contributed by atoms with Gasteiger partial charge < -0.3 is 5.73 Å². The Balaban J connectivity index is 2.25. The van der Waals surface area contributed by atoms with Gasteiger partial charge in [-0.25, -0.2) is 0 Å². The molecule has 1 aliphatic rings. The van der Waals surface area contributed by atoms with Crippen molar-refractivity contribution in [2.75, 3.05) is 0 Å². The van der Waals surface area contributed by atoms with Gasteiger partial charge in [0.05, 0.1) is 11.1 Å². The summed E-state index contributed by atoms with van der Waals surface area (Å²) < 4.78 is 1.90. The second-order valence-corrected chi connectivity index (χ2v) is 4.61. The summed E-state index contributed by atoms with van der Waals surface area (Å²) in [6.07, 6.45) is 5.23. The van der Waals surface area contributed by atoms with Gasteiger partial charge in [0.2, 0.25) is 0 Å². The summed E-state index contributed by atoms with van der Waals surface area (Å²) in [5, 5.41) is 4.19. The Kier molecular flexibility index (Phi) is 3.12. The highest BCUT2D eigenvalue weighted by molar-refractivity contribution is 6.25. The molecule has 4 nitrogen and oxygen atoms in total. The molecule has 2 atom stereocenters. The molecule has 0 saturated carbocycles. The first-order valence-corrected chi connectivity index (χ1v) is 5.72. The molecule has 2 rings (SSSR count). The van der Waals surface area contributed by atoms with Crippen LogP contribution in [0.15, 0.2) is 23.3 Å². The molecule has 0 amide bonds. The monoisotopic (exact) mass is 238 g/mol. The highest BCUT2D eigenvalue weighted by Gasteiger charge is 2.17. The van der Waals surface area contributed by atoms with Gasteiger partial charge in [-0.15, -0.1) is 11.6 Å². The van der Waals surface area contributed by atoms with E-state index >= 15 is 0 Å². The smallest absolute Gasteiger partial charge is 0.117 e. The third-order valence-corrected chi connectivity index (χ3v) is 2.87. The number of aromatic nitrogens is 2. The van der Waals surface area contributed by atoms with Gasteiger partial charge in [0.1, 0.15) is 6.17 Å². The van der Waals surface area contributed by atoms with Gasteiger partial charge in [0, 0.05) is 24.0 Å². The highest BCUT2D eigenvalue weighted by Crippen LogP contribution is 2.19. The predicted molar refractivity (Wildman–Crippen MR) is 66.7 cm³/mol. The third-order valence-electron chi connectivity index (χ3n) is 2.48. The quantitative estimate of drug-likeness (QED) is 0.800. The molecule has 0 radical (unpaired) electrons. The van der Waals surface area contributed by atoms with E-state index in [1.165, 1.54) is 0 Å². The number of hydrogen-bond donors (Lipinski definition) is 1. The number of dihydropyridines is 1. The molecule has 0 saturated heterocycles. The number of aliphatic imine (C=N–C) groups is 1. The molecule has 0 aliphatic carbocycles. The van der Waals surface area contributed by atoms with Crippen molar-refractivity contribution in [3.63, 3.8) is 0 Å². The molecule has 2 N–H and O–H groups in total. The van der Waals surface area contributed by atoms with Crippen LogP contribution < -0.4 is 5.73 Å². The van der Waals surface area contributed by atoms with Crippen molar-refractivity contribution in [3.05, 3.63) is 24.0 Å². The summed E-state index contributed by atoms with van der Waals surface area (Å²) in [4.78, 5) is 4.13. The molecule has 2 heterocycles. The number of hydrogen-bond acceptors (Lipinski definition) is 3. The van der Waals surface area contributed by atoms with E-state index in [9.17, 15) is 0 Å². The van der Waals surface area contributed by atoms with Crippen molar-refractivity contribution in [1.82, 2.24) is 9.78 Å². The number of rotatable bonds is 2. The van der Waals surface area contributed by atoms with Crippen LogP contribution in [0.25, 0.3) is 5.57 Å². The largest absolute Gasteiger partial charge is 0.308 e. The van der Waals surface area contributed by atoms with Gasteiger partial charge in [-0.05, 0) is 19.9 Å². The molecule has 86 valence electrons. The lowest BCUT2D eigenvalue weighted by Gasteiger charge is -2.15. The number of allylic oxidation sites excluding steroid dienone is 1. The van der Waals surface area contributed by atoms with Crippen molar-refractivity contribution >= 4 is 23.4 Å². The first-order chi connectivity index (χ1) is 7.58. The average molecular weight is 239 g/mol. The molecule has 0 bridgehead atoms. The van der Waals surface area contributed by atoms with E-state index in [1.807, 2.05) is 23.0 Å². The highest BCUT2D eigenvalue weighted by atomic mass is 35.5. The van der Waals surface area contributed by atoms with E-state index in [0.29, 0.717) is 6.04 Å². The zero-order valence-corrected chi connectivity index (χ0v) is 10.1. The van der Waals surface area contributed by atoms with E-state index in [1.54, 1.807) is 6.21 Å². The fraction of sp³-hybridized carbons (Fsp3) is 0.455. The predicted octanol–water partition coefficient (Wildman–Crippen LogP) is 1.82. The first kappa shape index (κ1) is 11.4. The van der Waals surface area contributed by atoms with Crippen LogP contribution in [0.4, 0.5) is 0 Å². The minimum atomic E-state index is -0.349. The Bertz CT molecular complexity index is 433. The van der Waals surface area contributed by atoms with Gasteiger partial charge in [0.25, 0.3) is 0 Å².